The number of halogens is 1. The Bertz CT molecular complexity index is 1490. The van der Waals surface area contributed by atoms with Crippen LogP contribution in [0.15, 0.2) is 65.2 Å². The number of fused-ring (bicyclic) bond motifs is 1. The zero-order valence-corrected chi connectivity index (χ0v) is 23.5. The molecule has 5 rings (SSSR count). The predicted molar refractivity (Wildman–Crippen MR) is 156 cm³/mol. The molecular formula is C30H31FN4O5S. The average Bonchev–Trinajstić information content (AvgIpc) is 3.50. The summed E-state index contributed by atoms with van der Waals surface area (Å²) in [6.07, 6.45) is 4.01. The van der Waals surface area contributed by atoms with E-state index in [4.69, 9.17) is 18.9 Å². The second-order valence-electron chi connectivity index (χ2n) is 9.34. The number of carbonyl (C=O) groups is 1. The molecule has 214 valence electrons. The van der Waals surface area contributed by atoms with Crippen LogP contribution in [-0.4, -0.2) is 68.6 Å². The second kappa shape index (κ2) is 14.0. The number of hydrogen-bond acceptors (Lipinski definition) is 9. The van der Waals surface area contributed by atoms with Crippen molar-refractivity contribution in [2.45, 2.75) is 12.8 Å². The lowest BCUT2D eigenvalue weighted by atomic mass is 10.1. The van der Waals surface area contributed by atoms with Crippen molar-refractivity contribution < 1.29 is 28.1 Å². The highest BCUT2D eigenvalue weighted by Crippen LogP contribution is 2.37. The number of nitrogens with one attached hydrogen (secondary N) is 1. The Balaban J connectivity index is 1.22. The van der Waals surface area contributed by atoms with E-state index in [1.54, 1.807) is 43.8 Å². The van der Waals surface area contributed by atoms with Crippen molar-refractivity contribution in [1.29, 1.82) is 0 Å². The number of nitrogens with zero attached hydrogens (tertiary/aromatic N) is 3. The van der Waals surface area contributed by atoms with Gasteiger partial charge in [0.1, 0.15) is 5.75 Å². The molecule has 0 spiro atoms. The maximum atomic E-state index is 15.0. The van der Waals surface area contributed by atoms with Crippen molar-refractivity contribution in [3.05, 3.63) is 76.4 Å². The van der Waals surface area contributed by atoms with Gasteiger partial charge in [-0.15, -0.1) is 11.3 Å². The van der Waals surface area contributed by atoms with Crippen LogP contribution in [-0.2, 0) is 16.0 Å². The number of pyridine rings is 1. The van der Waals surface area contributed by atoms with Crippen molar-refractivity contribution in [1.82, 2.24) is 15.3 Å². The molecule has 0 unspecified atom stereocenters. The number of rotatable bonds is 12. The number of thiophene rings is 1. The maximum Gasteiger partial charge on any atom is 0.244 e. The molecule has 2 aromatic carbocycles. The zero-order chi connectivity index (χ0) is 28.4. The van der Waals surface area contributed by atoms with E-state index in [2.05, 4.69) is 20.4 Å². The Morgan fingerprint density at radius 2 is 2.02 bits per heavy atom. The van der Waals surface area contributed by atoms with Crippen LogP contribution in [0.3, 0.4) is 0 Å². The van der Waals surface area contributed by atoms with Crippen molar-refractivity contribution in [3.63, 3.8) is 0 Å². The van der Waals surface area contributed by atoms with Gasteiger partial charge in [0.2, 0.25) is 5.91 Å². The molecule has 3 heterocycles. The molecule has 1 aliphatic heterocycles. The van der Waals surface area contributed by atoms with Crippen LogP contribution in [0.2, 0.25) is 0 Å². The number of methoxy groups -OCH3 is 1. The molecular weight excluding hydrogens is 547 g/mol. The molecule has 0 radical (unpaired) electrons. The minimum atomic E-state index is -0.588. The highest BCUT2D eigenvalue weighted by Gasteiger charge is 2.15. The van der Waals surface area contributed by atoms with E-state index in [9.17, 15) is 9.18 Å². The summed E-state index contributed by atoms with van der Waals surface area (Å²) in [4.78, 5) is 19.9. The molecule has 0 atom stereocenters. The SMILES string of the molecule is COc1cc2c(Oc3ccc(CC(=O)N/N=C/c4cccs4)cc3F)ccnc2cc1OCCCN1CCOCC1. The number of amides is 1. The Morgan fingerprint density at radius 1 is 1.15 bits per heavy atom. The number of aromatic nitrogens is 1. The summed E-state index contributed by atoms with van der Waals surface area (Å²) in [6, 6.07) is 13.5. The summed E-state index contributed by atoms with van der Waals surface area (Å²) in [7, 11) is 1.57. The summed E-state index contributed by atoms with van der Waals surface area (Å²) in [5.74, 6) is 0.622. The van der Waals surface area contributed by atoms with E-state index in [-0.39, 0.29) is 18.1 Å². The van der Waals surface area contributed by atoms with Gasteiger partial charge in [0.15, 0.2) is 23.1 Å². The van der Waals surface area contributed by atoms with E-state index >= 15 is 0 Å². The Morgan fingerprint density at radius 3 is 2.80 bits per heavy atom. The summed E-state index contributed by atoms with van der Waals surface area (Å²) in [5, 5.41) is 6.50. The van der Waals surface area contributed by atoms with Gasteiger partial charge in [0.25, 0.3) is 0 Å². The fourth-order valence-corrected chi connectivity index (χ4v) is 4.98. The normalized spacial score (nSPS) is 13.9. The molecule has 2 aromatic heterocycles. The lowest BCUT2D eigenvalue weighted by molar-refractivity contribution is -0.120. The van der Waals surface area contributed by atoms with Gasteiger partial charge >= 0.3 is 0 Å². The van der Waals surface area contributed by atoms with Gasteiger partial charge in [-0.2, -0.15) is 5.10 Å². The maximum absolute atomic E-state index is 15.0. The average molecular weight is 579 g/mol. The second-order valence-corrected chi connectivity index (χ2v) is 10.3. The highest BCUT2D eigenvalue weighted by atomic mass is 32.1. The fourth-order valence-electron chi connectivity index (χ4n) is 4.40. The third-order valence-electron chi connectivity index (χ3n) is 6.47. The van der Waals surface area contributed by atoms with Crippen LogP contribution in [0.5, 0.6) is 23.0 Å². The molecule has 0 bridgehead atoms. The number of carbonyl (C=O) groups excluding carboxylic acids is 1. The van der Waals surface area contributed by atoms with Gasteiger partial charge in [-0.3, -0.25) is 14.7 Å². The monoisotopic (exact) mass is 578 g/mol. The first-order valence-corrected chi connectivity index (χ1v) is 14.2. The Hall–Kier alpha value is -4.06. The number of morpholine rings is 1. The molecule has 1 amide bonds. The fraction of sp³-hybridized carbons (Fsp3) is 0.300. The standard InChI is InChI=1S/C30H31FN4O5S/c1-37-28-18-23-25(19-29(28)39-12-3-9-35-10-13-38-14-11-35)32-8-7-26(23)40-27-6-5-21(16-24(27)31)17-30(36)34-33-20-22-4-2-15-41-22/h2,4-8,15-16,18-20H,3,9-14,17H2,1H3,(H,34,36)/b33-20+. The first kappa shape index (κ1) is 28.5. The topological polar surface area (TPSA) is 94.5 Å². The van der Waals surface area contributed by atoms with Crippen LogP contribution in [0.25, 0.3) is 10.9 Å². The smallest absolute Gasteiger partial charge is 0.244 e. The molecule has 1 aliphatic rings. The number of benzene rings is 2. The summed E-state index contributed by atoms with van der Waals surface area (Å²) < 4.78 is 37.9. The van der Waals surface area contributed by atoms with E-state index in [1.807, 2.05) is 17.5 Å². The highest BCUT2D eigenvalue weighted by molar-refractivity contribution is 7.11. The van der Waals surface area contributed by atoms with Gasteiger partial charge < -0.3 is 18.9 Å². The van der Waals surface area contributed by atoms with E-state index in [1.165, 1.54) is 23.5 Å². The Labute approximate surface area is 241 Å². The summed E-state index contributed by atoms with van der Waals surface area (Å²) in [5.41, 5.74) is 3.58. The number of ether oxygens (including phenoxy) is 4. The van der Waals surface area contributed by atoms with Crippen LogP contribution >= 0.6 is 11.3 Å². The first-order chi connectivity index (χ1) is 20.1. The third kappa shape index (κ3) is 7.78. The third-order valence-corrected chi connectivity index (χ3v) is 7.28. The summed E-state index contributed by atoms with van der Waals surface area (Å²) >= 11 is 1.51. The van der Waals surface area contributed by atoms with Gasteiger partial charge in [-0.1, -0.05) is 12.1 Å². The predicted octanol–water partition coefficient (Wildman–Crippen LogP) is 5.03. The van der Waals surface area contributed by atoms with E-state index in [0.717, 1.165) is 44.1 Å². The van der Waals surface area contributed by atoms with Crippen LogP contribution in [0, 0.1) is 5.82 Å². The number of hydrogen-bond donors (Lipinski definition) is 1. The molecule has 9 nitrogen and oxygen atoms in total. The van der Waals surface area contributed by atoms with Crippen LogP contribution in [0.4, 0.5) is 4.39 Å². The van der Waals surface area contributed by atoms with E-state index < -0.39 is 5.82 Å². The molecule has 1 fully saturated rings. The van der Waals surface area contributed by atoms with Crippen molar-refractivity contribution in [3.8, 4) is 23.0 Å². The first-order valence-electron chi connectivity index (χ1n) is 13.3. The van der Waals surface area contributed by atoms with Crippen LogP contribution < -0.4 is 19.6 Å². The minimum absolute atomic E-state index is 0.0242. The van der Waals surface area contributed by atoms with Crippen molar-refractivity contribution in [2.75, 3.05) is 46.6 Å². The van der Waals surface area contributed by atoms with E-state index in [0.29, 0.717) is 40.3 Å². The van der Waals surface area contributed by atoms with Gasteiger partial charge in [-0.25, -0.2) is 9.82 Å². The summed E-state index contributed by atoms with van der Waals surface area (Å²) in [6.45, 7) is 4.89. The molecule has 4 aromatic rings. The molecule has 0 aliphatic carbocycles. The van der Waals surface area contributed by atoms with Crippen molar-refractivity contribution in [2.24, 2.45) is 5.10 Å². The largest absolute Gasteiger partial charge is 0.493 e. The number of hydrazone groups is 1. The zero-order valence-electron chi connectivity index (χ0n) is 22.7. The molecule has 0 saturated carbocycles. The molecule has 41 heavy (non-hydrogen) atoms. The lowest BCUT2D eigenvalue weighted by Gasteiger charge is -2.26. The Kier molecular flexibility index (Phi) is 9.74. The van der Waals surface area contributed by atoms with Gasteiger partial charge in [-0.05, 0) is 47.7 Å². The molecule has 1 N–H and O–H groups in total. The van der Waals surface area contributed by atoms with Crippen molar-refractivity contribution >= 4 is 34.4 Å². The van der Waals surface area contributed by atoms with Gasteiger partial charge in [0.05, 0.1) is 45.1 Å². The van der Waals surface area contributed by atoms with Gasteiger partial charge in [0, 0.05) is 42.2 Å². The quantitative estimate of drug-likeness (QED) is 0.143. The minimum Gasteiger partial charge on any atom is -0.493 e. The lowest BCUT2D eigenvalue weighted by Crippen LogP contribution is -2.37. The molecule has 1 saturated heterocycles. The van der Waals surface area contributed by atoms with Crippen LogP contribution in [0.1, 0.15) is 16.9 Å². The molecule has 11 heteroatoms.